The summed E-state index contributed by atoms with van der Waals surface area (Å²) in [6.45, 7) is 4.63. The van der Waals surface area contributed by atoms with Crippen LogP contribution in [0.25, 0.3) is 0 Å². The van der Waals surface area contributed by atoms with Gasteiger partial charge in [0.1, 0.15) is 5.75 Å². The summed E-state index contributed by atoms with van der Waals surface area (Å²) in [5, 5.41) is 3.03. The molecule has 1 amide bonds. The van der Waals surface area contributed by atoms with Gasteiger partial charge in [0, 0.05) is 12.2 Å². The van der Waals surface area contributed by atoms with Crippen LogP contribution in [0.15, 0.2) is 18.2 Å². The van der Waals surface area contributed by atoms with E-state index in [0.717, 1.165) is 6.42 Å². The molecule has 1 heterocycles. The number of amides is 1. The zero-order valence-corrected chi connectivity index (χ0v) is 11.5. The Morgan fingerprint density at radius 3 is 2.84 bits per heavy atom. The average Bonchev–Trinajstić information content (AvgIpc) is 2.69. The number of benzene rings is 1. The summed E-state index contributed by atoms with van der Waals surface area (Å²) in [5.41, 5.74) is 6.46. The van der Waals surface area contributed by atoms with Gasteiger partial charge in [-0.3, -0.25) is 4.79 Å². The highest BCUT2D eigenvalue weighted by molar-refractivity contribution is 5.96. The molecule has 1 fully saturated rings. The van der Waals surface area contributed by atoms with Crippen LogP contribution < -0.4 is 15.8 Å². The maximum atomic E-state index is 12.2. The van der Waals surface area contributed by atoms with E-state index in [-0.39, 0.29) is 17.6 Å². The molecule has 1 aliphatic heterocycles. The molecule has 2 atom stereocenters. The Balaban J connectivity index is 2.14. The summed E-state index contributed by atoms with van der Waals surface area (Å²) >= 11 is 0. The van der Waals surface area contributed by atoms with Crippen LogP contribution in [0.2, 0.25) is 0 Å². The van der Waals surface area contributed by atoms with Gasteiger partial charge in [0.25, 0.3) is 5.91 Å². The Morgan fingerprint density at radius 2 is 2.32 bits per heavy atom. The highest BCUT2D eigenvalue weighted by Gasteiger charge is 2.38. The van der Waals surface area contributed by atoms with E-state index >= 15 is 0 Å². The maximum Gasteiger partial charge on any atom is 0.251 e. The fourth-order valence-corrected chi connectivity index (χ4v) is 2.21. The Kier molecular flexibility index (Phi) is 3.66. The predicted molar refractivity (Wildman–Crippen MR) is 73.3 cm³/mol. The maximum absolute atomic E-state index is 12.2. The molecule has 2 unspecified atom stereocenters. The van der Waals surface area contributed by atoms with Gasteiger partial charge < -0.3 is 20.5 Å². The van der Waals surface area contributed by atoms with Crippen molar-refractivity contribution in [3.63, 3.8) is 0 Å². The van der Waals surface area contributed by atoms with Gasteiger partial charge >= 0.3 is 0 Å². The minimum Gasteiger partial charge on any atom is -0.495 e. The van der Waals surface area contributed by atoms with Crippen LogP contribution in [0.1, 0.15) is 30.6 Å². The number of anilines is 1. The normalized spacial score (nSPS) is 26.2. The molecule has 1 aromatic rings. The van der Waals surface area contributed by atoms with Crippen molar-refractivity contribution in [3.8, 4) is 5.75 Å². The topological polar surface area (TPSA) is 73.6 Å². The molecule has 1 saturated heterocycles. The van der Waals surface area contributed by atoms with Gasteiger partial charge in [-0.1, -0.05) is 0 Å². The van der Waals surface area contributed by atoms with Crippen molar-refractivity contribution in [1.29, 1.82) is 0 Å². The van der Waals surface area contributed by atoms with E-state index in [0.29, 0.717) is 23.6 Å². The van der Waals surface area contributed by atoms with Crippen molar-refractivity contribution >= 4 is 11.6 Å². The molecule has 104 valence electrons. The van der Waals surface area contributed by atoms with E-state index in [1.165, 1.54) is 0 Å². The molecule has 1 aromatic carbocycles. The van der Waals surface area contributed by atoms with E-state index < -0.39 is 0 Å². The lowest BCUT2D eigenvalue weighted by Crippen LogP contribution is -2.50. The molecule has 3 N–H and O–H groups in total. The lowest BCUT2D eigenvalue weighted by molar-refractivity contribution is 0.0727. The molecule has 19 heavy (non-hydrogen) atoms. The van der Waals surface area contributed by atoms with Crippen LogP contribution in [0.3, 0.4) is 0 Å². The SMILES string of the molecule is COc1ccc(C(=O)NC2(C)CCOC2C)cc1N. The van der Waals surface area contributed by atoms with Crippen LogP contribution in [0, 0.1) is 0 Å². The molecule has 0 radical (unpaired) electrons. The number of rotatable bonds is 3. The Hall–Kier alpha value is -1.75. The molecule has 5 heteroatoms. The van der Waals surface area contributed by atoms with Gasteiger partial charge in [-0.25, -0.2) is 0 Å². The number of carbonyl (C=O) groups is 1. The number of ether oxygens (including phenoxy) is 2. The number of nitrogens with one attached hydrogen (secondary N) is 1. The first-order valence-corrected chi connectivity index (χ1v) is 6.34. The third kappa shape index (κ3) is 2.66. The molecule has 0 aromatic heterocycles. The second-order valence-corrected chi connectivity index (χ2v) is 5.09. The lowest BCUT2D eigenvalue weighted by Gasteiger charge is -2.29. The number of hydrogen-bond acceptors (Lipinski definition) is 4. The fourth-order valence-electron chi connectivity index (χ4n) is 2.21. The number of methoxy groups -OCH3 is 1. The summed E-state index contributed by atoms with van der Waals surface area (Å²) in [6, 6.07) is 5.02. The average molecular weight is 264 g/mol. The zero-order valence-electron chi connectivity index (χ0n) is 11.5. The monoisotopic (exact) mass is 264 g/mol. The molecule has 0 bridgehead atoms. The smallest absolute Gasteiger partial charge is 0.251 e. The summed E-state index contributed by atoms with van der Waals surface area (Å²) in [6.07, 6.45) is 0.818. The molecule has 0 aliphatic carbocycles. The molecule has 2 rings (SSSR count). The first-order chi connectivity index (χ1) is 8.96. The van der Waals surface area contributed by atoms with Crippen LogP contribution in [0.4, 0.5) is 5.69 Å². The van der Waals surface area contributed by atoms with Crippen LogP contribution in [0.5, 0.6) is 5.75 Å². The number of nitrogen functional groups attached to an aromatic ring is 1. The van der Waals surface area contributed by atoms with E-state index in [2.05, 4.69) is 5.32 Å². The second kappa shape index (κ2) is 5.09. The van der Waals surface area contributed by atoms with Gasteiger partial charge in [0.2, 0.25) is 0 Å². The number of nitrogens with two attached hydrogens (primary N) is 1. The van der Waals surface area contributed by atoms with Crippen molar-refractivity contribution in [1.82, 2.24) is 5.32 Å². The molecular weight excluding hydrogens is 244 g/mol. The second-order valence-electron chi connectivity index (χ2n) is 5.09. The van der Waals surface area contributed by atoms with Gasteiger partial charge in [-0.2, -0.15) is 0 Å². The first-order valence-electron chi connectivity index (χ1n) is 6.34. The third-order valence-electron chi connectivity index (χ3n) is 3.78. The third-order valence-corrected chi connectivity index (χ3v) is 3.78. The van der Waals surface area contributed by atoms with Gasteiger partial charge in [-0.05, 0) is 38.5 Å². The summed E-state index contributed by atoms with van der Waals surface area (Å²) in [5.74, 6) is 0.425. The van der Waals surface area contributed by atoms with Crippen molar-refractivity contribution in [3.05, 3.63) is 23.8 Å². The van der Waals surface area contributed by atoms with Gasteiger partial charge in [0.05, 0.1) is 24.4 Å². The Labute approximate surface area is 113 Å². The van der Waals surface area contributed by atoms with E-state index in [1.54, 1.807) is 25.3 Å². The summed E-state index contributed by atoms with van der Waals surface area (Å²) in [4.78, 5) is 12.2. The minimum absolute atomic E-state index is 0.00652. The molecule has 0 spiro atoms. The molecule has 5 nitrogen and oxygen atoms in total. The van der Waals surface area contributed by atoms with Crippen molar-refractivity contribution in [2.45, 2.75) is 31.9 Å². The fraction of sp³-hybridized carbons (Fsp3) is 0.500. The van der Waals surface area contributed by atoms with Gasteiger partial charge in [-0.15, -0.1) is 0 Å². The highest BCUT2D eigenvalue weighted by atomic mass is 16.5. The molecule has 0 saturated carbocycles. The van der Waals surface area contributed by atoms with Crippen LogP contribution >= 0.6 is 0 Å². The largest absolute Gasteiger partial charge is 0.495 e. The quantitative estimate of drug-likeness (QED) is 0.813. The standard InChI is InChI=1S/C14H20N2O3/c1-9-14(2,6-7-19-9)16-13(17)10-4-5-12(18-3)11(15)8-10/h4-5,8-9H,6-7,15H2,1-3H3,(H,16,17). The summed E-state index contributed by atoms with van der Waals surface area (Å²) in [7, 11) is 1.55. The van der Waals surface area contributed by atoms with E-state index in [4.69, 9.17) is 15.2 Å². The van der Waals surface area contributed by atoms with E-state index in [1.807, 2.05) is 13.8 Å². The Morgan fingerprint density at radius 1 is 1.58 bits per heavy atom. The minimum atomic E-state index is -0.328. The molecule has 1 aliphatic rings. The predicted octanol–water partition coefficient (Wildman–Crippen LogP) is 1.57. The zero-order chi connectivity index (χ0) is 14.0. The van der Waals surface area contributed by atoms with Crippen molar-refractivity contribution in [2.24, 2.45) is 0 Å². The van der Waals surface area contributed by atoms with Crippen LogP contribution in [-0.4, -0.2) is 31.3 Å². The van der Waals surface area contributed by atoms with Crippen molar-refractivity contribution in [2.75, 3.05) is 19.5 Å². The first kappa shape index (κ1) is 13.7. The molecular formula is C14H20N2O3. The summed E-state index contributed by atoms with van der Waals surface area (Å²) < 4.78 is 10.6. The Bertz CT molecular complexity index is 490. The number of hydrogen-bond donors (Lipinski definition) is 2. The van der Waals surface area contributed by atoms with Crippen molar-refractivity contribution < 1.29 is 14.3 Å². The van der Waals surface area contributed by atoms with Crippen LogP contribution in [-0.2, 0) is 4.74 Å². The highest BCUT2D eigenvalue weighted by Crippen LogP contribution is 2.26. The number of carbonyl (C=O) groups excluding carboxylic acids is 1. The van der Waals surface area contributed by atoms with E-state index in [9.17, 15) is 4.79 Å². The lowest BCUT2D eigenvalue weighted by atomic mass is 9.94. The van der Waals surface area contributed by atoms with Gasteiger partial charge in [0.15, 0.2) is 0 Å².